The van der Waals surface area contributed by atoms with Crippen molar-refractivity contribution >= 4 is 29.3 Å². The molecule has 1 unspecified atom stereocenters. The number of nitrogens with one attached hydrogen (secondary N) is 3. The van der Waals surface area contributed by atoms with Crippen LogP contribution in [0.4, 0.5) is 5.69 Å². The summed E-state index contributed by atoms with van der Waals surface area (Å²) in [5, 5.41) is 13.4. The van der Waals surface area contributed by atoms with E-state index in [2.05, 4.69) is 25.8 Å². The van der Waals surface area contributed by atoms with E-state index in [1.54, 1.807) is 12.1 Å². The van der Waals surface area contributed by atoms with E-state index in [4.69, 9.17) is 0 Å². The van der Waals surface area contributed by atoms with Crippen LogP contribution in [-0.2, 0) is 4.79 Å². The molecule has 0 saturated carbocycles. The zero-order valence-electron chi connectivity index (χ0n) is 17.2. The number of benzene rings is 2. The van der Waals surface area contributed by atoms with E-state index < -0.39 is 0 Å². The van der Waals surface area contributed by atoms with E-state index in [1.165, 1.54) is 11.8 Å². The van der Waals surface area contributed by atoms with E-state index in [1.807, 2.05) is 63.2 Å². The number of thioether (sulfide) groups is 1. The van der Waals surface area contributed by atoms with Crippen LogP contribution < -0.4 is 10.6 Å². The highest BCUT2D eigenvalue weighted by Crippen LogP contribution is 2.22. The molecule has 3 N–H and O–H groups in total. The summed E-state index contributed by atoms with van der Waals surface area (Å²) < 4.78 is 0. The molecule has 3 aromatic rings. The van der Waals surface area contributed by atoms with Gasteiger partial charge in [-0.25, -0.2) is 4.98 Å². The van der Waals surface area contributed by atoms with Crippen molar-refractivity contribution in [1.82, 2.24) is 20.5 Å². The molecule has 0 fully saturated rings. The standard InChI is InChI=1S/C22H25N5O2S/c1-14(2)19(24-21(29)16-10-5-4-6-11-16)20-25-22(27-26-20)30-13-18(28)23-17-12-8-7-9-15(17)3/h4-12,14,19H,13H2,1-3H3,(H,23,28)(H,24,29)(H,25,26,27). The van der Waals surface area contributed by atoms with Gasteiger partial charge in [-0.15, -0.1) is 5.10 Å². The third-order valence-corrected chi connectivity index (χ3v) is 5.36. The van der Waals surface area contributed by atoms with Crippen LogP contribution in [0.3, 0.4) is 0 Å². The molecule has 0 aliphatic carbocycles. The van der Waals surface area contributed by atoms with Gasteiger partial charge in [0, 0.05) is 11.3 Å². The van der Waals surface area contributed by atoms with E-state index in [9.17, 15) is 9.59 Å². The minimum absolute atomic E-state index is 0.104. The fourth-order valence-electron chi connectivity index (χ4n) is 2.86. The largest absolute Gasteiger partial charge is 0.342 e. The van der Waals surface area contributed by atoms with E-state index in [-0.39, 0.29) is 29.5 Å². The van der Waals surface area contributed by atoms with Crippen molar-refractivity contribution in [2.45, 2.75) is 32.0 Å². The molecule has 0 radical (unpaired) electrons. The van der Waals surface area contributed by atoms with Crippen molar-refractivity contribution in [3.63, 3.8) is 0 Å². The Labute approximate surface area is 180 Å². The minimum Gasteiger partial charge on any atom is -0.342 e. The topological polar surface area (TPSA) is 99.8 Å². The number of nitrogens with zero attached hydrogens (tertiary/aromatic N) is 2. The first-order chi connectivity index (χ1) is 14.4. The van der Waals surface area contributed by atoms with E-state index in [0.29, 0.717) is 16.5 Å². The molecule has 0 saturated heterocycles. The third-order valence-electron chi connectivity index (χ3n) is 4.52. The van der Waals surface area contributed by atoms with Gasteiger partial charge in [-0.05, 0) is 36.6 Å². The van der Waals surface area contributed by atoms with Crippen LogP contribution in [-0.4, -0.2) is 32.7 Å². The lowest BCUT2D eigenvalue weighted by molar-refractivity contribution is -0.113. The highest BCUT2D eigenvalue weighted by Gasteiger charge is 2.23. The first-order valence-electron chi connectivity index (χ1n) is 9.70. The van der Waals surface area contributed by atoms with Crippen LogP contribution in [0, 0.1) is 12.8 Å². The Balaban J connectivity index is 1.60. The second-order valence-corrected chi connectivity index (χ2v) is 8.16. The number of carbonyl (C=O) groups excluding carboxylic acids is 2. The summed E-state index contributed by atoms with van der Waals surface area (Å²) in [6.45, 7) is 5.95. The molecular weight excluding hydrogens is 398 g/mol. The first-order valence-corrected chi connectivity index (χ1v) is 10.7. The summed E-state index contributed by atoms with van der Waals surface area (Å²) in [5.74, 6) is 0.564. The molecule has 3 rings (SSSR count). The highest BCUT2D eigenvalue weighted by molar-refractivity contribution is 7.99. The molecule has 1 heterocycles. The maximum Gasteiger partial charge on any atom is 0.251 e. The molecule has 1 aromatic heterocycles. The van der Waals surface area contributed by atoms with Gasteiger partial charge in [0.1, 0.15) is 5.82 Å². The second kappa shape index (κ2) is 10.1. The van der Waals surface area contributed by atoms with Gasteiger partial charge in [-0.2, -0.15) is 0 Å². The zero-order chi connectivity index (χ0) is 21.5. The molecule has 0 bridgehead atoms. The predicted molar refractivity (Wildman–Crippen MR) is 118 cm³/mol. The predicted octanol–water partition coefficient (Wildman–Crippen LogP) is 3.97. The number of anilines is 1. The quantitative estimate of drug-likeness (QED) is 0.476. The van der Waals surface area contributed by atoms with Gasteiger partial charge in [0.05, 0.1) is 11.8 Å². The summed E-state index contributed by atoms with van der Waals surface area (Å²) in [6.07, 6.45) is 0. The average molecular weight is 424 g/mol. The van der Waals surface area contributed by atoms with Crippen molar-refractivity contribution in [1.29, 1.82) is 0 Å². The van der Waals surface area contributed by atoms with Crippen LogP contribution in [0.15, 0.2) is 59.8 Å². The number of hydrogen-bond donors (Lipinski definition) is 3. The smallest absolute Gasteiger partial charge is 0.251 e. The van der Waals surface area contributed by atoms with Crippen molar-refractivity contribution in [2.24, 2.45) is 5.92 Å². The van der Waals surface area contributed by atoms with E-state index >= 15 is 0 Å². The van der Waals surface area contributed by atoms with Gasteiger partial charge in [-0.3, -0.25) is 14.7 Å². The molecule has 8 heteroatoms. The Bertz CT molecular complexity index is 1000. The Kier molecular flexibility index (Phi) is 7.24. The molecular formula is C22H25N5O2S. The molecule has 1 atom stereocenters. The number of para-hydroxylation sites is 1. The fraction of sp³-hybridized carbons (Fsp3) is 0.273. The van der Waals surface area contributed by atoms with Gasteiger partial charge in [0.2, 0.25) is 11.1 Å². The number of aromatic amines is 1. The minimum atomic E-state index is -0.319. The highest BCUT2D eigenvalue weighted by atomic mass is 32.2. The Morgan fingerprint density at radius 3 is 2.47 bits per heavy atom. The van der Waals surface area contributed by atoms with Crippen LogP contribution in [0.2, 0.25) is 0 Å². The van der Waals surface area contributed by atoms with Gasteiger partial charge in [0.15, 0.2) is 0 Å². The van der Waals surface area contributed by atoms with Crippen LogP contribution in [0.25, 0.3) is 0 Å². The van der Waals surface area contributed by atoms with Crippen molar-refractivity contribution in [3.05, 3.63) is 71.5 Å². The number of aryl methyl sites for hydroxylation is 1. The van der Waals surface area contributed by atoms with Crippen molar-refractivity contribution < 1.29 is 9.59 Å². The van der Waals surface area contributed by atoms with Crippen LogP contribution in [0.1, 0.15) is 41.6 Å². The molecule has 0 aliphatic heterocycles. The fourth-order valence-corrected chi connectivity index (χ4v) is 3.46. The number of rotatable bonds is 8. The SMILES string of the molecule is Cc1ccccc1NC(=O)CSc1n[nH]c(C(NC(=O)c2ccccc2)C(C)C)n1. The van der Waals surface area contributed by atoms with Gasteiger partial charge >= 0.3 is 0 Å². The summed E-state index contributed by atoms with van der Waals surface area (Å²) in [7, 11) is 0. The maximum absolute atomic E-state index is 12.5. The summed E-state index contributed by atoms with van der Waals surface area (Å²) in [6, 6.07) is 16.3. The first kappa shape index (κ1) is 21.6. The normalized spacial score (nSPS) is 11.9. The molecule has 2 aromatic carbocycles. The Morgan fingerprint density at radius 1 is 1.07 bits per heavy atom. The second-order valence-electron chi connectivity index (χ2n) is 7.22. The van der Waals surface area contributed by atoms with Crippen LogP contribution in [0.5, 0.6) is 0 Å². The van der Waals surface area contributed by atoms with Crippen molar-refractivity contribution in [3.8, 4) is 0 Å². The van der Waals surface area contributed by atoms with Gasteiger partial charge in [0.25, 0.3) is 5.91 Å². The Hall–Kier alpha value is -3.13. The number of carbonyl (C=O) groups is 2. The third kappa shape index (κ3) is 5.70. The average Bonchev–Trinajstić information content (AvgIpc) is 3.21. The van der Waals surface area contributed by atoms with E-state index in [0.717, 1.165) is 11.3 Å². The van der Waals surface area contributed by atoms with Crippen LogP contribution >= 0.6 is 11.8 Å². The van der Waals surface area contributed by atoms with Gasteiger partial charge in [-0.1, -0.05) is 62.0 Å². The number of H-pyrrole nitrogens is 1. The monoisotopic (exact) mass is 423 g/mol. The lowest BCUT2D eigenvalue weighted by atomic mass is 10.0. The van der Waals surface area contributed by atoms with Crippen molar-refractivity contribution in [2.75, 3.05) is 11.1 Å². The zero-order valence-corrected chi connectivity index (χ0v) is 18.0. The number of hydrogen-bond acceptors (Lipinski definition) is 5. The molecule has 0 aliphatic rings. The number of amides is 2. The summed E-state index contributed by atoms with van der Waals surface area (Å²) >= 11 is 1.24. The number of aromatic nitrogens is 3. The molecule has 2 amide bonds. The molecule has 156 valence electrons. The lowest BCUT2D eigenvalue weighted by Crippen LogP contribution is -2.32. The summed E-state index contributed by atoms with van der Waals surface area (Å²) in [4.78, 5) is 29.2. The maximum atomic E-state index is 12.5. The Morgan fingerprint density at radius 2 is 1.77 bits per heavy atom. The summed E-state index contributed by atoms with van der Waals surface area (Å²) in [5.41, 5.74) is 2.39. The lowest BCUT2D eigenvalue weighted by Gasteiger charge is -2.19. The molecule has 30 heavy (non-hydrogen) atoms. The molecule has 7 nitrogen and oxygen atoms in total. The van der Waals surface area contributed by atoms with Gasteiger partial charge < -0.3 is 10.6 Å². The molecule has 0 spiro atoms.